The SMILES string of the molecule is CSCCCSC(=O)C(CC(=O)c1ccccc1)C(F)(F)F. The molecule has 1 aromatic carbocycles. The molecule has 2 nitrogen and oxygen atoms in total. The van der Waals surface area contributed by atoms with Gasteiger partial charge in [-0.15, -0.1) is 0 Å². The lowest BCUT2D eigenvalue weighted by atomic mass is 9.99. The first-order chi connectivity index (χ1) is 10.4. The Hall–Kier alpha value is -0.950. The predicted octanol–water partition coefficient (Wildman–Crippen LogP) is 4.45. The number of carbonyl (C=O) groups is 2. The molecule has 0 heterocycles. The lowest BCUT2D eigenvalue weighted by Crippen LogP contribution is -2.31. The Kier molecular flexibility index (Phi) is 8.03. The van der Waals surface area contributed by atoms with E-state index in [1.54, 1.807) is 30.0 Å². The molecule has 0 aromatic heterocycles. The Morgan fingerprint density at radius 3 is 2.32 bits per heavy atom. The van der Waals surface area contributed by atoms with Gasteiger partial charge in [-0.2, -0.15) is 24.9 Å². The Bertz CT molecular complexity index is 489. The molecule has 0 fully saturated rings. The molecule has 0 bridgehead atoms. The number of alkyl halides is 3. The van der Waals surface area contributed by atoms with Crippen molar-refractivity contribution in [3.05, 3.63) is 35.9 Å². The second-order valence-electron chi connectivity index (χ2n) is 4.60. The highest BCUT2D eigenvalue weighted by atomic mass is 32.2. The van der Waals surface area contributed by atoms with Gasteiger partial charge >= 0.3 is 6.18 Å². The summed E-state index contributed by atoms with van der Waals surface area (Å²) < 4.78 is 39.1. The van der Waals surface area contributed by atoms with E-state index >= 15 is 0 Å². The first kappa shape index (κ1) is 19.1. The van der Waals surface area contributed by atoms with Gasteiger partial charge in [0.05, 0.1) is 0 Å². The number of carbonyl (C=O) groups excluding carboxylic acids is 2. The third kappa shape index (κ3) is 6.44. The summed E-state index contributed by atoms with van der Waals surface area (Å²) in [7, 11) is 0. The van der Waals surface area contributed by atoms with Crippen LogP contribution < -0.4 is 0 Å². The van der Waals surface area contributed by atoms with Gasteiger partial charge in [-0.05, 0) is 18.4 Å². The fraction of sp³-hybridized carbons (Fsp3) is 0.467. The maximum absolute atomic E-state index is 13.0. The van der Waals surface area contributed by atoms with Crippen LogP contribution in [0.1, 0.15) is 23.2 Å². The van der Waals surface area contributed by atoms with E-state index in [1.165, 1.54) is 12.1 Å². The van der Waals surface area contributed by atoms with Crippen LogP contribution in [-0.2, 0) is 4.79 Å². The van der Waals surface area contributed by atoms with Crippen LogP contribution in [0.25, 0.3) is 0 Å². The molecule has 22 heavy (non-hydrogen) atoms. The Labute approximate surface area is 136 Å². The van der Waals surface area contributed by atoms with Gasteiger partial charge in [-0.3, -0.25) is 9.59 Å². The van der Waals surface area contributed by atoms with Crippen LogP contribution in [0.4, 0.5) is 13.2 Å². The minimum Gasteiger partial charge on any atom is -0.294 e. The largest absolute Gasteiger partial charge is 0.399 e. The molecule has 0 saturated carbocycles. The molecule has 1 unspecified atom stereocenters. The summed E-state index contributed by atoms with van der Waals surface area (Å²) in [4.78, 5) is 23.7. The quantitative estimate of drug-likeness (QED) is 0.512. The van der Waals surface area contributed by atoms with Crippen molar-refractivity contribution in [3.63, 3.8) is 0 Å². The third-order valence-electron chi connectivity index (χ3n) is 2.90. The van der Waals surface area contributed by atoms with Gasteiger partial charge in [-0.25, -0.2) is 0 Å². The van der Waals surface area contributed by atoms with Gasteiger partial charge in [0.25, 0.3) is 0 Å². The number of benzene rings is 1. The highest BCUT2D eigenvalue weighted by Gasteiger charge is 2.45. The Morgan fingerprint density at radius 1 is 1.14 bits per heavy atom. The number of hydrogen-bond donors (Lipinski definition) is 0. The van der Waals surface area contributed by atoms with E-state index in [0.717, 1.165) is 5.75 Å². The van der Waals surface area contributed by atoms with E-state index in [0.29, 0.717) is 23.9 Å². The Morgan fingerprint density at radius 2 is 1.77 bits per heavy atom. The third-order valence-corrected chi connectivity index (χ3v) is 4.66. The summed E-state index contributed by atoms with van der Waals surface area (Å²) in [5, 5.41) is -0.974. The second kappa shape index (κ2) is 9.25. The molecular weight excluding hydrogens is 333 g/mol. The molecule has 122 valence electrons. The van der Waals surface area contributed by atoms with E-state index in [9.17, 15) is 22.8 Å². The average Bonchev–Trinajstić information content (AvgIpc) is 2.48. The van der Waals surface area contributed by atoms with Gasteiger partial charge < -0.3 is 0 Å². The van der Waals surface area contributed by atoms with Crippen LogP contribution >= 0.6 is 23.5 Å². The fourth-order valence-corrected chi connectivity index (χ4v) is 3.26. The van der Waals surface area contributed by atoms with Crippen molar-refractivity contribution in [1.29, 1.82) is 0 Å². The molecular formula is C15H17F3O2S2. The summed E-state index contributed by atoms with van der Waals surface area (Å²) in [6.45, 7) is 0. The topological polar surface area (TPSA) is 34.1 Å². The molecule has 0 aliphatic carbocycles. The molecule has 1 atom stereocenters. The lowest BCUT2D eigenvalue weighted by molar-refractivity contribution is -0.175. The Balaban J connectivity index is 2.69. The lowest BCUT2D eigenvalue weighted by Gasteiger charge is -2.18. The first-order valence-electron chi connectivity index (χ1n) is 6.66. The van der Waals surface area contributed by atoms with Crippen molar-refractivity contribution in [1.82, 2.24) is 0 Å². The number of hydrogen-bond acceptors (Lipinski definition) is 4. The molecule has 0 saturated heterocycles. The van der Waals surface area contributed by atoms with E-state index in [1.807, 2.05) is 6.26 Å². The molecule has 0 spiro atoms. The van der Waals surface area contributed by atoms with Gasteiger partial charge in [0.15, 0.2) is 5.78 Å². The first-order valence-corrected chi connectivity index (χ1v) is 9.04. The smallest absolute Gasteiger partial charge is 0.294 e. The minimum absolute atomic E-state index is 0.192. The molecule has 1 aromatic rings. The van der Waals surface area contributed by atoms with E-state index in [2.05, 4.69) is 0 Å². The van der Waals surface area contributed by atoms with Crippen molar-refractivity contribution in [2.75, 3.05) is 17.8 Å². The number of Topliss-reactive ketones (excluding diaryl/α,β-unsaturated/α-hetero) is 1. The zero-order valence-electron chi connectivity index (χ0n) is 12.1. The van der Waals surface area contributed by atoms with E-state index in [4.69, 9.17) is 0 Å². The highest BCUT2D eigenvalue weighted by molar-refractivity contribution is 8.13. The highest BCUT2D eigenvalue weighted by Crippen LogP contribution is 2.34. The normalized spacial score (nSPS) is 12.9. The monoisotopic (exact) mass is 350 g/mol. The van der Waals surface area contributed by atoms with Gasteiger partial charge in [0.2, 0.25) is 5.12 Å². The van der Waals surface area contributed by atoms with Gasteiger partial charge in [0.1, 0.15) is 5.92 Å². The van der Waals surface area contributed by atoms with Crippen molar-refractivity contribution in [3.8, 4) is 0 Å². The van der Waals surface area contributed by atoms with Crippen LogP contribution in [0, 0.1) is 5.92 Å². The fourth-order valence-electron chi connectivity index (χ4n) is 1.74. The van der Waals surface area contributed by atoms with Crippen LogP contribution in [0.5, 0.6) is 0 Å². The molecule has 1 rings (SSSR count). The van der Waals surface area contributed by atoms with Crippen LogP contribution in [0.3, 0.4) is 0 Å². The summed E-state index contributed by atoms with van der Waals surface area (Å²) in [6.07, 6.45) is -2.98. The predicted molar refractivity (Wildman–Crippen MR) is 85.4 cm³/mol. The molecule has 0 radical (unpaired) electrons. The number of rotatable bonds is 8. The van der Waals surface area contributed by atoms with E-state index < -0.39 is 29.4 Å². The summed E-state index contributed by atoms with van der Waals surface area (Å²) in [5.74, 6) is -1.77. The van der Waals surface area contributed by atoms with E-state index in [-0.39, 0.29) is 5.56 Å². The zero-order chi connectivity index (χ0) is 16.6. The maximum Gasteiger partial charge on any atom is 0.399 e. The molecule has 0 aliphatic rings. The summed E-state index contributed by atoms with van der Waals surface area (Å²) in [6, 6.07) is 7.73. The zero-order valence-corrected chi connectivity index (χ0v) is 13.7. The van der Waals surface area contributed by atoms with Gasteiger partial charge in [0, 0.05) is 17.7 Å². The van der Waals surface area contributed by atoms with Crippen molar-refractivity contribution in [2.24, 2.45) is 5.92 Å². The van der Waals surface area contributed by atoms with Crippen LogP contribution in [0.2, 0.25) is 0 Å². The molecule has 7 heteroatoms. The summed E-state index contributed by atoms with van der Waals surface area (Å²) >= 11 is 2.24. The standard InChI is InChI=1S/C15H17F3O2S2/c1-21-8-5-9-22-14(20)12(15(16,17)18)10-13(19)11-6-3-2-4-7-11/h2-4,6-7,12H,5,8-10H2,1H3. The molecule has 0 N–H and O–H groups in total. The molecule has 0 aliphatic heterocycles. The number of ketones is 1. The van der Waals surface area contributed by atoms with Crippen molar-refractivity contribution in [2.45, 2.75) is 19.0 Å². The number of thioether (sulfide) groups is 2. The summed E-state index contributed by atoms with van der Waals surface area (Å²) in [5.41, 5.74) is 0.192. The molecule has 0 amide bonds. The van der Waals surface area contributed by atoms with Crippen LogP contribution in [0.15, 0.2) is 30.3 Å². The van der Waals surface area contributed by atoms with Crippen LogP contribution in [-0.4, -0.2) is 34.8 Å². The maximum atomic E-state index is 13.0. The minimum atomic E-state index is -4.70. The second-order valence-corrected chi connectivity index (χ2v) is 6.69. The van der Waals surface area contributed by atoms with Crippen molar-refractivity contribution < 1.29 is 22.8 Å². The average molecular weight is 350 g/mol. The van der Waals surface area contributed by atoms with Gasteiger partial charge in [-0.1, -0.05) is 42.1 Å². The number of halogens is 3. The van der Waals surface area contributed by atoms with Crippen molar-refractivity contribution >= 4 is 34.4 Å².